The number of nitrogens with one attached hydrogen (secondary N) is 8. The molecule has 1 aliphatic rings. The lowest BCUT2D eigenvalue weighted by Gasteiger charge is -2.32. The van der Waals surface area contributed by atoms with Crippen molar-refractivity contribution in [2.45, 2.75) is 176 Å². The quantitative estimate of drug-likeness (QED) is 0.0204. The number of aliphatic carboxylic acids is 1. The Bertz CT molecular complexity index is 1930. The van der Waals surface area contributed by atoms with Gasteiger partial charge in [-0.25, -0.2) is 0 Å². The Balaban J connectivity index is 0.0000128. The van der Waals surface area contributed by atoms with E-state index in [1.807, 2.05) is 6.92 Å². The first kappa shape index (κ1) is 67.4. The van der Waals surface area contributed by atoms with Crippen molar-refractivity contribution < 1.29 is 63.0 Å². The number of likely N-dealkylation sites (tertiary alicyclic amines) is 1. The summed E-state index contributed by atoms with van der Waals surface area (Å²) in [6.07, 6.45) is 1.22. The molecule has 0 spiro atoms. The SMILES string of the molecule is CC(=O)O.CCC[C@H](NC(=O)[C@@H](NC(=O)[C@H](NC(=O)[C@@H](NC(=O)CNC(=O)CN(C)C(C)=O)C(C)C)[C@@H](C)CC)[C@@H](C)O)C(=O)N[C@H](C(=O)N[C@@H](CCCN=C(N)N)C(=O)N1CCC[C@H]1C(=O)NCC)[C@@H](C)CC. The molecule has 0 aromatic carbocycles. The van der Waals surface area contributed by atoms with Crippen LogP contribution in [-0.4, -0.2) is 179 Å². The lowest BCUT2D eigenvalue weighted by molar-refractivity contribution is -0.142. The van der Waals surface area contributed by atoms with Crippen LogP contribution in [0, 0.1) is 17.8 Å². The van der Waals surface area contributed by atoms with Crippen LogP contribution in [0.1, 0.15) is 128 Å². The van der Waals surface area contributed by atoms with Gasteiger partial charge in [-0.05, 0) is 63.7 Å². The van der Waals surface area contributed by atoms with Gasteiger partial charge < -0.3 is 74.0 Å². The Labute approximate surface area is 435 Å². The number of aliphatic imine (C=N–C) groups is 1. The first-order valence-electron chi connectivity index (χ1n) is 25.4. The summed E-state index contributed by atoms with van der Waals surface area (Å²) in [7, 11) is 1.42. The van der Waals surface area contributed by atoms with Crippen LogP contribution >= 0.6 is 0 Å². The summed E-state index contributed by atoms with van der Waals surface area (Å²) < 4.78 is 0. The van der Waals surface area contributed by atoms with Crippen LogP contribution in [0.25, 0.3) is 0 Å². The summed E-state index contributed by atoms with van der Waals surface area (Å²) in [5.74, 6) is -8.79. The van der Waals surface area contributed by atoms with Crippen molar-refractivity contribution in [3.05, 3.63) is 0 Å². The molecule has 1 rings (SSSR count). The van der Waals surface area contributed by atoms with Gasteiger partial charge in [0.05, 0.1) is 19.2 Å². The molecule has 0 bridgehead atoms. The van der Waals surface area contributed by atoms with E-state index in [1.165, 1.54) is 25.8 Å². The monoisotopic (exact) mass is 1050 g/mol. The van der Waals surface area contributed by atoms with Crippen molar-refractivity contribution in [2.24, 2.45) is 34.2 Å². The Morgan fingerprint density at radius 3 is 1.66 bits per heavy atom. The highest BCUT2D eigenvalue weighted by Gasteiger charge is 2.40. The van der Waals surface area contributed by atoms with E-state index in [0.29, 0.717) is 51.6 Å². The fraction of sp³-hybridized carbons (Fsp3) is 0.750. The van der Waals surface area contributed by atoms with Crippen molar-refractivity contribution in [3.8, 4) is 0 Å². The Morgan fingerprint density at radius 1 is 0.676 bits per heavy atom. The largest absolute Gasteiger partial charge is 0.481 e. The second kappa shape index (κ2) is 34.8. The second-order valence-corrected chi connectivity index (χ2v) is 18.9. The van der Waals surface area contributed by atoms with Gasteiger partial charge in [-0.1, -0.05) is 67.7 Å². The number of likely N-dealkylation sites (N-methyl/N-ethyl adjacent to an activating group) is 2. The van der Waals surface area contributed by atoms with Crippen LogP contribution in [0.5, 0.6) is 0 Å². The molecule has 1 saturated heterocycles. The number of hydrogen-bond donors (Lipinski definition) is 12. The smallest absolute Gasteiger partial charge is 0.300 e. The zero-order valence-corrected chi connectivity index (χ0v) is 45.4. The number of rotatable bonds is 30. The fourth-order valence-electron chi connectivity index (χ4n) is 7.51. The van der Waals surface area contributed by atoms with Crippen LogP contribution < -0.4 is 54.0 Å². The number of nitrogens with two attached hydrogens (primary N) is 2. The van der Waals surface area contributed by atoms with Gasteiger partial charge >= 0.3 is 0 Å². The summed E-state index contributed by atoms with van der Waals surface area (Å²) in [4.78, 5) is 149. The van der Waals surface area contributed by atoms with Gasteiger partial charge in [0.15, 0.2) is 5.96 Å². The summed E-state index contributed by atoms with van der Waals surface area (Å²) >= 11 is 0. The van der Waals surface area contributed by atoms with E-state index in [1.54, 1.807) is 48.5 Å². The van der Waals surface area contributed by atoms with E-state index >= 15 is 0 Å². The van der Waals surface area contributed by atoms with Crippen molar-refractivity contribution >= 4 is 71.0 Å². The number of carbonyl (C=O) groups excluding carboxylic acids is 10. The van der Waals surface area contributed by atoms with Gasteiger partial charge in [0, 0.05) is 40.5 Å². The van der Waals surface area contributed by atoms with E-state index in [-0.39, 0.29) is 43.7 Å². The molecule has 0 radical (unpaired) electrons. The minimum atomic E-state index is -1.62. The zero-order valence-electron chi connectivity index (χ0n) is 45.4. The zero-order chi connectivity index (χ0) is 57.0. The number of hydrogen-bond acceptors (Lipinski definition) is 13. The van der Waals surface area contributed by atoms with Crippen molar-refractivity contribution in [3.63, 3.8) is 0 Å². The maximum atomic E-state index is 14.2. The van der Waals surface area contributed by atoms with Crippen LogP contribution in [-0.2, 0) is 52.7 Å². The van der Waals surface area contributed by atoms with Crippen LogP contribution in [0.4, 0.5) is 0 Å². The van der Waals surface area contributed by atoms with Gasteiger partial charge in [0.1, 0.15) is 42.3 Å². The molecule has 10 atom stereocenters. The Morgan fingerprint density at radius 2 is 1.18 bits per heavy atom. The van der Waals surface area contributed by atoms with E-state index in [2.05, 4.69) is 47.5 Å². The number of carboxylic acids is 1. The van der Waals surface area contributed by atoms with E-state index in [0.717, 1.165) is 11.8 Å². The van der Waals surface area contributed by atoms with Gasteiger partial charge in [-0.3, -0.25) is 57.7 Å². The van der Waals surface area contributed by atoms with Crippen LogP contribution in [0.15, 0.2) is 4.99 Å². The topological polar surface area (TPSA) is 395 Å². The second-order valence-electron chi connectivity index (χ2n) is 18.9. The predicted octanol–water partition coefficient (Wildman–Crippen LogP) is -2.31. The fourth-order valence-corrected chi connectivity index (χ4v) is 7.51. The lowest BCUT2D eigenvalue weighted by atomic mass is 9.95. The molecular weight excluding hydrogens is 967 g/mol. The highest BCUT2D eigenvalue weighted by Crippen LogP contribution is 2.21. The molecule has 422 valence electrons. The normalized spacial score (nSPS) is 16.5. The first-order valence-corrected chi connectivity index (χ1v) is 25.4. The number of guanidine groups is 1. The molecule has 74 heavy (non-hydrogen) atoms. The summed E-state index contributed by atoms with van der Waals surface area (Å²) in [5, 5.41) is 39.3. The molecule has 0 aromatic rings. The standard InChI is InChI=1S/C46H83N13O11.C2H4O2/c1-12-18-30(39(64)55-36(26(7)13-2)42(67)53-31(19-16-21-50-46(47)48)45(70)59-22-17-20-32(59)40(65)49-15-4)52-44(69)38(28(9)60)57-43(68)37(27(8)14-3)56-41(66)35(25(5)6)54-33(62)23-51-34(63)24-58(11)29(10)61;1-2(3)4/h25-28,30-32,35-38,60H,12-24H2,1-11H3,(H,49,65)(H,51,63)(H,52,69)(H,53,67)(H,54,62)(H,55,64)(H,56,66)(H,57,68)(H4,47,48,50);1H3,(H,3,4)/t26-,27-,28+,30-,31-,32-,35-,36-,37+,38-;/m0./s1. The lowest BCUT2D eigenvalue weighted by Crippen LogP contribution is -2.63. The number of nitrogens with zero attached hydrogens (tertiary/aromatic N) is 3. The molecule has 26 heteroatoms. The van der Waals surface area contributed by atoms with Gasteiger partial charge in [0.2, 0.25) is 59.1 Å². The van der Waals surface area contributed by atoms with Gasteiger partial charge in [0.25, 0.3) is 5.97 Å². The molecule has 0 saturated carbocycles. The van der Waals surface area contributed by atoms with Gasteiger partial charge in [-0.2, -0.15) is 0 Å². The molecule has 26 nitrogen and oxygen atoms in total. The maximum absolute atomic E-state index is 14.2. The number of carbonyl (C=O) groups is 11. The maximum Gasteiger partial charge on any atom is 0.300 e. The molecule has 1 aliphatic heterocycles. The summed E-state index contributed by atoms with van der Waals surface area (Å²) in [5.41, 5.74) is 11.0. The number of carboxylic acid groups (broad SMARTS) is 1. The highest BCUT2D eigenvalue weighted by atomic mass is 16.4. The summed E-state index contributed by atoms with van der Waals surface area (Å²) in [6, 6.07) is -8.31. The molecule has 0 unspecified atom stereocenters. The van der Waals surface area contributed by atoms with Crippen molar-refractivity contribution in [1.82, 2.24) is 52.3 Å². The van der Waals surface area contributed by atoms with Crippen molar-refractivity contribution in [2.75, 3.05) is 39.8 Å². The Hall–Kier alpha value is -6.60. The first-order chi connectivity index (χ1) is 34.6. The third kappa shape index (κ3) is 24.4. The van der Waals surface area contributed by atoms with E-state index in [4.69, 9.17) is 21.4 Å². The number of aliphatic hydroxyl groups is 1. The van der Waals surface area contributed by atoms with Crippen LogP contribution in [0.2, 0.25) is 0 Å². The Kier molecular flexibility index (Phi) is 31.7. The predicted molar refractivity (Wildman–Crippen MR) is 275 cm³/mol. The molecule has 1 heterocycles. The third-order valence-electron chi connectivity index (χ3n) is 12.2. The number of amides is 10. The average molecular weight is 1050 g/mol. The minimum Gasteiger partial charge on any atom is -0.481 e. The van der Waals surface area contributed by atoms with Gasteiger partial charge in [-0.15, -0.1) is 0 Å². The molecule has 1 fully saturated rings. The molecular formula is C48H87N13O13. The third-order valence-corrected chi connectivity index (χ3v) is 12.2. The highest BCUT2D eigenvalue weighted by molar-refractivity contribution is 5.98. The summed E-state index contributed by atoms with van der Waals surface area (Å²) in [6.45, 7) is 17.6. The molecule has 14 N–H and O–H groups in total. The van der Waals surface area contributed by atoms with Crippen LogP contribution in [0.3, 0.4) is 0 Å². The minimum absolute atomic E-state index is 0.0853. The molecule has 10 amide bonds. The van der Waals surface area contributed by atoms with E-state index in [9.17, 15) is 53.1 Å². The average Bonchev–Trinajstić information content (AvgIpc) is 3.82. The molecule has 0 aliphatic carbocycles. The van der Waals surface area contributed by atoms with E-state index < -0.39 is 126 Å². The number of aliphatic hydroxyl groups excluding tert-OH is 1. The van der Waals surface area contributed by atoms with Crippen molar-refractivity contribution in [1.29, 1.82) is 0 Å². The molecule has 0 aromatic heterocycles.